The highest BCUT2D eigenvalue weighted by atomic mass is 32.2. The van der Waals surface area contributed by atoms with E-state index in [1.54, 1.807) is 25.1 Å². The molecule has 184 valence electrons. The molecule has 1 fully saturated rings. The van der Waals surface area contributed by atoms with Crippen molar-refractivity contribution < 1.29 is 27.5 Å². The Morgan fingerprint density at radius 1 is 1.12 bits per heavy atom. The summed E-state index contributed by atoms with van der Waals surface area (Å²) in [5.74, 6) is -0.250. The van der Waals surface area contributed by atoms with Gasteiger partial charge in [-0.05, 0) is 43.2 Å². The van der Waals surface area contributed by atoms with E-state index >= 15 is 0 Å². The number of carbonyl (C=O) groups excluding carboxylic acids is 2. The fourth-order valence-electron chi connectivity index (χ4n) is 3.29. The number of para-hydroxylation sites is 1. The van der Waals surface area contributed by atoms with Gasteiger partial charge in [0.1, 0.15) is 11.8 Å². The van der Waals surface area contributed by atoms with Gasteiger partial charge in [-0.2, -0.15) is 4.31 Å². The van der Waals surface area contributed by atoms with E-state index in [0.29, 0.717) is 24.7 Å². The van der Waals surface area contributed by atoms with Gasteiger partial charge in [0.05, 0.1) is 18.1 Å². The molecule has 1 heterocycles. The van der Waals surface area contributed by atoms with E-state index in [1.807, 2.05) is 25.1 Å². The average molecular weight is 491 g/mol. The molecule has 2 amide bonds. The topological polar surface area (TPSA) is 126 Å². The monoisotopic (exact) mass is 490 g/mol. The number of hydrogen-bond acceptors (Lipinski definition) is 7. The molecule has 0 aliphatic carbocycles. The lowest BCUT2D eigenvalue weighted by Gasteiger charge is -2.26. The van der Waals surface area contributed by atoms with E-state index < -0.39 is 27.9 Å². The van der Waals surface area contributed by atoms with Crippen LogP contribution in [0.4, 0.5) is 5.69 Å². The molecule has 2 aromatic carbocycles. The highest BCUT2D eigenvalue weighted by molar-refractivity contribution is 7.89. The molecule has 0 unspecified atom stereocenters. The second-order valence-corrected chi connectivity index (χ2v) is 9.64. The largest absolute Gasteiger partial charge is 0.483 e. The summed E-state index contributed by atoms with van der Waals surface area (Å²) in [5, 5.41) is 2.66. The Kier molecular flexibility index (Phi) is 8.99. The first-order valence-corrected chi connectivity index (χ1v) is 12.5. The maximum absolute atomic E-state index is 12.8. The number of carbonyl (C=O) groups is 2. The van der Waals surface area contributed by atoms with Gasteiger partial charge in [-0.25, -0.2) is 13.8 Å². The molecule has 0 aromatic heterocycles. The predicted molar refractivity (Wildman–Crippen MR) is 127 cm³/mol. The lowest BCUT2D eigenvalue weighted by molar-refractivity contribution is -0.125. The second kappa shape index (κ2) is 11.9. The van der Waals surface area contributed by atoms with Crippen molar-refractivity contribution in [3.05, 3.63) is 54.1 Å². The average Bonchev–Trinajstić information content (AvgIpc) is 2.86. The Balaban J connectivity index is 1.50. The number of ether oxygens (including phenoxy) is 2. The van der Waals surface area contributed by atoms with E-state index in [0.717, 1.165) is 12.0 Å². The highest BCUT2D eigenvalue weighted by Gasteiger charge is 2.26. The van der Waals surface area contributed by atoms with Gasteiger partial charge in [-0.3, -0.25) is 15.0 Å². The second-order valence-electron chi connectivity index (χ2n) is 7.70. The molecule has 1 aliphatic rings. The first-order chi connectivity index (χ1) is 16.3. The fourth-order valence-corrected chi connectivity index (χ4v) is 4.75. The molecule has 34 heavy (non-hydrogen) atoms. The van der Waals surface area contributed by atoms with E-state index in [4.69, 9.17) is 9.47 Å². The zero-order valence-electron chi connectivity index (χ0n) is 19.2. The third-order valence-corrected chi connectivity index (χ3v) is 7.14. The standard InChI is InChI=1S/C23H30N4O6S/c1-3-18-7-4-5-10-21(18)33-16-22(28)26-25-17(2)23(29)24-19-8-6-9-20(15-19)34(30,31)27-11-13-32-14-12-27/h4-10,15,17,25H,3,11-14,16H2,1-2H3,(H,24,29)(H,26,28)/t17-/m1/s1. The summed E-state index contributed by atoms with van der Waals surface area (Å²) in [4.78, 5) is 24.7. The third kappa shape index (κ3) is 6.76. The molecular weight excluding hydrogens is 460 g/mol. The Morgan fingerprint density at radius 3 is 2.59 bits per heavy atom. The van der Waals surface area contributed by atoms with Crippen molar-refractivity contribution in [3.8, 4) is 5.75 Å². The van der Waals surface area contributed by atoms with Crippen LogP contribution >= 0.6 is 0 Å². The van der Waals surface area contributed by atoms with Crippen molar-refractivity contribution in [3.63, 3.8) is 0 Å². The number of aryl methyl sites for hydroxylation is 1. The molecule has 0 saturated carbocycles. The molecule has 3 rings (SSSR count). The van der Waals surface area contributed by atoms with Crippen LogP contribution in [0.2, 0.25) is 0 Å². The minimum absolute atomic E-state index is 0.0885. The number of amides is 2. The Hall–Kier alpha value is -2.99. The van der Waals surface area contributed by atoms with Crippen molar-refractivity contribution >= 4 is 27.5 Å². The first kappa shape index (κ1) is 25.6. The van der Waals surface area contributed by atoms with Crippen LogP contribution < -0.4 is 20.9 Å². The molecule has 1 atom stereocenters. The van der Waals surface area contributed by atoms with E-state index in [9.17, 15) is 18.0 Å². The molecular formula is C23H30N4O6S. The van der Waals surface area contributed by atoms with Gasteiger partial charge in [-0.15, -0.1) is 0 Å². The molecule has 11 heteroatoms. The third-order valence-electron chi connectivity index (χ3n) is 5.24. The van der Waals surface area contributed by atoms with Gasteiger partial charge >= 0.3 is 0 Å². The summed E-state index contributed by atoms with van der Waals surface area (Å²) < 4.78 is 37.8. The number of sulfonamides is 1. The summed E-state index contributed by atoms with van der Waals surface area (Å²) in [6, 6.07) is 12.7. The van der Waals surface area contributed by atoms with Crippen molar-refractivity contribution in [2.75, 3.05) is 38.2 Å². The normalized spacial score (nSPS) is 15.4. The summed E-state index contributed by atoms with van der Waals surface area (Å²) >= 11 is 0. The number of anilines is 1. The number of nitrogens with zero attached hydrogens (tertiary/aromatic N) is 1. The van der Waals surface area contributed by atoms with Crippen molar-refractivity contribution in [1.82, 2.24) is 15.2 Å². The van der Waals surface area contributed by atoms with Crippen LogP contribution in [-0.2, 0) is 30.8 Å². The Morgan fingerprint density at radius 2 is 1.85 bits per heavy atom. The zero-order chi connectivity index (χ0) is 24.6. The summed E-state index contributed by atoms with van der Waals surface area (Å²) in [7, 11) is -3.68. The van der Waals surface area contributed by atoms with Crippen LogP contribution in [0.25, 0.3) is 0 Å². The van der Waals surface area contributed by atoms with Gasteiger partial charge in [0.25, 0.3) is 5.91 Å². The van der Waals surface area contributed by atoms with Gasteiger partial charge in [-0.1, -0.05) is 31.2 Å². The van der Waals surface area contributed by atoms with Crippen LogP contribution in [0.3, 0.4) is 0 Å². The summed E-state index contributed by atoms with van der Waals surface area (Å²) in [5.41, 5.74) is 6.40. The number of hydrazine groups is 1. The number of benzene rings is 2. The molecule has 0 bridgehead atoms. The van der Waals surface area contributed by atoms with Crippen LogP contribution in [0.15, 0.2) is 53.4 Å². The van der Waals surface area contributed by atoms with Crippen LogP contribution in [0, 0.1) is 0 Å². The summed E-state index contributed by atoms with van der Waals surface area (Å²) in [6.45, 7) is 4.62. The Bertz CT molecular complexity index is 1100. The maximum Gasteiger partial charge on any atom is 0.272 e. The van der Waals surface area contributed by atoms with Crippen molar-refractivity contribution in [1.29, 1.82) is 0 Å². The molecule has 2 aromatic rings. The Labute approximate surface area is 199 Å². The number of morpholine rings is 1. The zero-order valence-corrected chi connectivity index (χ0v) is 20.1. The molecule has 3 N–H and O–H groups in total. The van der Waals surface area contributed by atoms with Gasteiger partial charge in [0.15, 0.2) is 6.61 Å². The lowest BCUT2D eigenvalue weighted by Crippen LogP contribution is -2.49. The van der Waals surface area contributed by atoms with Gasteiger partial charge in [0, 0.05) is 18.8 Å². The van der Waals surface area contributed by atoms with E-state index in [2.05, 4.69) is 16.2 Å². The van der Waals surface area contributed by atoms with E-state index in [1.165, 1.54) is 16.4 Å². The van der Waals surface area contributed by atoms with Gasteiger partial charge < -0.3 is 14.8 Å². The van der Waals surface area contributed by atoms with Gasteiger partial charge in [0.2, 0.25) is 15.9 Å². The fraction of sp³-hybridized carbons (Fsp3) is 0.391. The minimum Gasteiger partial charge on any atom is -0.483 e. The quantitative estimate of drug-likeness (QED) is 0.429. The highest BCUT2D eigenvalue weighted by Crippen LogP contribution is 2.21. The van der Waals surface area contributed by atoms with Crippen molar-refractivity contribution in [2.45, 2.75) is 31.2 Å². The van der Waals surface area contributed by atoms with Crippen LogP contribution in [0.1, 0.15) is 19.4 Å². The first-order valence-electron chi connectivity index (χ1n) is 11.0. The van der Waals surface area contributed by atoms with Crippen LogP contribution in [0.5, 0.6) is 5.75 Å². The number of rotatable bonds is 10. The smallest absolute Gasteiger partial charge is 0.272 e. The van der Waals surface area contributed by atoms with Crippen molar-refractivity contribution in [2.24, 2.45) is 0 Å². The van der Waals surface area contributed by atoms with E-state index in [-0.39, 0.29) is 24.6 Å². The predicted octanol–water partition coefficient (Wildman–Crippen LogP) is 1.30. The minimum atomic E-state index is -3.68. The summed E-state index contributed by atoms with van der Waals surface area (Å²) in [6.07, 6.45) is 0.780. The molecule has 0 spiro atoms. The SMILES string of the molecule is CCc1ccccc1OCC(=O)NN[C@H](C)C(=O)Nc1cccc(S(=O)(=O)N2CCOCC2)c1. The number of nitrogens with one attached hydrogen (secondary N) is 3. The maximum atomic E-state index is 12.8. The molecule has 1 saturated heterocycles. The molecule has 10 nitrogen and oxygen atoms in total. The lowest BCUT2D eigenvalue weighted by atomic mass is 10.1. The molecule has 1 aliphatic heterocycles. The number of hydrogen-bond donors (Lipinski definition) is 3. The molecule has 0 radical (unpaired) electrons. The van der Waals surface area contributed by atoms with Crippen LogP contribution in [-0.4, -0.2) is 63.5 Å².